The molecule has 90 valence electrons. The molecule has 0 aromatic carbocycles. The topological polar surface area (TPSA) is 47.6 Å². The van der Waals surface area contributed by atoms with Crippen molar-refractivity contribution < 1.29 is 14.3 Å². The van der Waals surface area contributed by atoms with E-state index >= 15 is 0 Å². The van der Waals surface area contributed by atoms with Crippen molar-refractivity contribution in [1.29, 1.82) is 0 Å². The minimum absolute atomic E-state index is 0.0581. The van der Waals surface area contributed by atoms with Gasteiger partial charge in [0.2, 0.25) is 0 Å². The number of esters is 1. The molecule has 1 unspecified atom stereocenters. The van der Waals surface area contributed by atoms with E-state index in [0.29, 0.717) is 6.61 Å². The predicted molar refractivity (Wildman–Crippen MR) is 68.4 cm³/mol. The highest BCUT2D eigenvalue weighted by atomic mass is 127. The van der Waals surface area contributed by atoms with Crippen LogP contribution in [0, 0.1) is 0 Å². The Bertz CT molecular complexity index is 165. The predicted octanol–water partition coefficient (Wildman–Crippen LogP) is 1.37. The molecule has 0 amide bonds. The molecule has 0 aliphatic heterocycles. The van der Waals surface area contributed by atoms with Crippen LogP contribution in [0.4, 0.5) is 0 Å². The number of carbonyl (C=O) groups is 1. The van der Waals surface area contributed by atoms with Crippen LogP contribution in [0.1, 0.15) is 19.8 Å². The largest absolute Gasteiger partial charge is 0.465 e. The van der Waals surface area contributed by atoms with Gasteiger partial charge in [-0.2, -0.15) is 0 Å². The third-order valence-corrected chi connectivity index (χ3v) is 2.28. The van der Waals surface area contributed by atoms with Crippen LogP contribution in [0.25, 0.3) is 0 Å². The second-order valence-corrected chi connectivity index (χ2v) is 5.10. The zero-order chi connectivity index (χ0) is 11.5. The van der Waals surface area contributed by atoms with Crippen LogP contribution in [0.15, 0.2) is 0 Å². The summed E-state index contributed by atoms with van der Waals surface area (Å²) in [6.45, 7) is 4.95. The highest BCUT2D eigenvalue weighted by Crippen LogP contribution is 2.00. The molecule has 0 heterocycles. The molecule has 0 rings (SSSR count). The average Bonchev–Trinajstić information content (AvgIpc) is 2.21. The van der Waals surface area contributed by atoms with Gasteiger partial charge in [-0.15, -0.1) is 0 Å². The van der Waals surface area contributed by atoms with E-state index in [1.165, 1.54) is 0 Å². The fraction of sp³-hybridized carbons (Fsp3) is 0.900. The van der Waals surface area contributed by atoms with Crippen molar-refractivity contribution in [2.75, 3.05) is 33.4 Å². The summed E-state index contributed by atoms with van der Waals surface area (Å²) in [5.41, 5.74) is 0. The van der Waals surface area contributed by atoms with Crippen molar-refractivity contribution in [1.82, 2.24) is 5.32 Å². The Morgan fingerprint density at radius 3 is 2.47 bits per heavy atom. The third kappa shape index (κ3) is 10.4. The minimum atomic E-state index is -0.130. The van der Waals surface area contributed by atoms with Gasteiger partial charge in [0.05, 0.1) is 6.61 Å². The van der Waals surface area contributed by atoms with E-state index < -0.39 is 0 Å². The monoisotopic (exact) mass is 329 g/mol. The fourth-order valence-corrected chi connectivity index (χ4v) is 1.13. The molecule has 5 heteroatoms. The van der Waals surface area contributed by atoms with Crippen LogP contribution in [0.2, 0.25) is 0 Å². The Morgan fingerprint density at radius 2 is 1.93 bits per heavy atom. The number of hydrogen-bond acceptors (Lipinski definition) is 4. The van der Waals surface area contributed by atoms with E-state index in [2.05, 4.69) is 5.32 Å². The number of rotatable bonds is 9. The van der Waals surface area contributed by atoms with Gasteiger partial charge in [0, 0.05) is 13.7 Å². The quantitative estimate of drug-likeness (QED) is 0.300. The highest BCUT2D eigenvalue weighted by Gasteiger charge is 2.08. The van der Waals surface area contributed by atoms with Crippen LogP contribution in [0.3, 0.4) is 0 Å². The maximum Gasteiger partial charge on any atom is 0.318 e. The first-order chi connectivity index (χ1) is 7.18. The molecule has 0 aromatic heterocycles. The zero-order valence-corrected chi connectivity index (χ0v) is 11.6. The van der Waals surface area contributed by atoms with Crippen LogP contribution in [-0.2, 0) is 14.3 Å². The van der Waals surface area contributed by atoms with Gasteiger partial charge in [-0.1, -0.05) is 22.6 Å². The molecule has 0 aliphatic carbocycles. The lowest BCUT2D eigenvalue weighted by Gasteiger charge is -2.07. The summed E-state index contributed by atoms with van der Waals surface area (Å²) in [6.07, 6.45) is 1.88. The van der Waals surface area contributed by atoms with E-state index in [4.69, 9.17) is 9.47 Å². The normalized spacial score (nSPS) is 12.5. The number of hydrogen-bond donors (Lipinski definition) is 1. The van der Waals surface area contributed by atoms with Gasteiger partial charge < -0.3 is 14.8 Å². The van der Waals surface area contributed by atoms with Crippen molar-refractivity contribution in [3.63, 3.8) is 0 Å². The standard InChI is InChI=1S/C10H20INO3/c1-9(11)10(13)15-8-4-6-12-5-3-7-14-2/h9,12H,3-8H2,1-2H3. The molecular formula is C10H20INO3. The van der Waals surface area contributed by atoms with Crippen molar-refractivity contribution in [3.05, 3.63) is 0 Å². The number of alkyl halides is 1. The first kappa shape index (κ1) is 15.1. The number of ether oxygens (including phenoxy) is 2. The third-order valence-electron chi connectivity index (χ3n) is 1.77. The molecule has 0 fully saturated rings. The van der Waals surface area contributed by atoms with E-state index in [9.17, 15) is 4.79 Å². The number of nitrogens with one attached hydrogen (secondary N) is 1. The second-order valence-electron chi connectivity index (χ2n) is 3.23. The molecule has 0 aliphatic rings. The number of methoxy groups -OCH3 is 1. The molecule has 0 radical (unpaired) electrons. The van der Waals surface area contributed by atoms with Crippen molar-refractivity contribution in [3.8, 4) is 0 Å². The van der Waals surface area contributed by atoms with Crippen LogP contribution < -0.4 is 5.32 Å². The molecule has 1 N–H and O–H groups in total. The van der Waals surface area contributed by atoms with Gasteiger partial charge >= 0.3 is 5.97 Å². The summed E-state index contributed by atoms with van der Waals surface area (Å²) in [5.74, 6) is -0.130. The number of carbonyl (C=O) groups excluding carboxylic acids is 1. The molecule has 0 aromatic rings. The first-order valence-corrected chi connectivity index (χ1v) is 6.43. The molecule has 1 atom stereocenters. The molecule has 0 spiro atoms. The summed E-state index contributed by atoms with van der Waals surface area (Å²) in [6, 6.07) is 0. The first-order valence-electron chi connectivity index (χ1n) is 5.19. The SMILES string of the molecule is COCCCNCCCOC(=O)C(C)I. The molecule has 0 saturated carbocycles. The number of halogens is 1. The van der Waals surface area contributed by atoms with Crippen LogP contribution >= 0.6 is 22.6 Å². The van der Waals surface area contributed by atoms with Crippen LogP contribution in [-0.4, -0.2) is 43.3 Å². The maximum atomic E-state index is 11.1. The lowest BCUT2D eigenvalue weighted by molar-refractivity contribution is -0.142. The molecular weight excluding hydrogens is 309 g/mol. The van der Waals surface area contributed by atoms with Gasteiger partial charge in [0.15, 0.2) is 0 Å². The summed E-state index contributed by atoms with van der Waals surface area (Å²) in [7, 11) is 1.70. The lowest BCUT2D eigenvalue weighted by atomic mass is 10.4. The summed E-state index contributed by atoms with van der Waals surface area (Å²) in [4.78, 5) is 11.1. The molecule has 0 saturated heterocycles. The van der Waals surface area contributed by atoms with Gasteiger partial charge in [-0.3, -0.25) is 4.79 Å². The van der Waals surface area contributed by atoms with Gasteiger partial charge in [0.25, 0.3) is 0 Å². The van der Waals surface area contributed by atoms with Crippen LogP contribution in [0.5, 0.6) is 0 Å². The van der Waals surface area contributed by atoms with Gasteiger partial charge in [0.1, 0.15) is 3.92 Å². The molecule has 0 bridgehead atoms. The Hall–Kier alpha value is 0.120. The Balaban J connectivity index is 3.08. The summed E-state index contributed by atoms with van der Waals surface area (Å²) in [5, 5.41) is 3.25. The van der Waals surface area contributed by atoms with Gasteiger partial charge in [-0.05, 0) is 32.9 Å². The summed E-state index contributed by atoms with van der Waals surface area (Å²) >= 11 is 2.05. The molecule has 4 nitrogen and oxygen atoms in total. The van der Waals surface area contributed by atoms with E-state index in [1.54, 1.807) is 7.11 Å². The van der Waals surface area contributed by atoms with E-state index in [0.717, 1.165) is 32.5 Å². The van der Waals surface area contributed by atoms with E-state index in [1.807, 2.05) is 29.5 Å². The lowest BCUT2D eigenvalue weighted by Crippen LogP contribution is -2.21. The Labute approximate surface area is 105 Å². The van der Waals surface area contributed by atoms with Crippen molar-refractivity contribution >= 4 is 28.6 Å². The average molecular weight is 329 g/mol. The fourth-order valence-electron chi connectivity index (χ4n) is 0.951. The van der Waals surface area contributed by atoms with E-state index in [-0.39, 0.29) is 9.89 Å². The highest BCUT2D eigenvalue weighted by molar-refractivity contribution is 14.1. The smallest absolute Gasteiger partial charge is 0.318 e. The minimum Gasteiger partial charge on any atom is -0.465 e. The Kier molecular flexibility index (Phi) is 10.7. The van der Waals surface area contributed by atoms with Gasteiger partial charge in [-0.25, -0.2) is 0 Å². The zero-order valence-electron chi connectivity index (χ0n) is 9.42. The Morgan fingerprint density at radius 1 is 1.33 bits per heavy atom. The second kappa shape index (κ2) is 10.6. The van der Waals surface area contributed by atoms with Crippen molar-refractivity contribution in [2.24, 2.45) is 0 Å². The van der Waals surface area contributed by atoms with Crippen molar-refractivity contribution in [2.45, 2.75) is 23.7 Å². The maximum absolute atomic E-state index is 11.1. The summed E-state index contributed by atoms with van der Waals surface area (Å²) < 4.78 is 9.88. The molecule has 15 heavy (non-hydrogen) atoms.